The van der Waals surface area contributed by atoms with Crippen molar-refractivity contribution in [3.8, 4) is 0 Å². The second kappa shape index (κ2) is 3.16. The molecule has 0 bridgehead atoms. The standard InChI is InChI=1S/C10H8N2O2/c13-9-5-3-7-12-10(9,14)8-4-1-2-6-11-8/h1-7,14H. The molecule has 1 aromatic rings. The summed E-state index contributed by atoms with van der Waals surface area (Å²) in [4.78, 5) is 19.1. The molecule has 4 nitrogen and oxygen atoms in total. The Labute approximate surface area is 80.6 Å². The number of rotatable bonds is 1. The molecular weight excluding hydrogens is 180 g/mol. The van der Waals surface area contributed by atoms with Crippen molar-refractivity contribution in [1.29, 1.82) is 0 Å². The van der Waals surface area contributed by atoms with Crippen molar-refractivity contribution in [2.24, 2.45) is 4.99 Å². The van der Waals surface area contributed by atoms with Crippen LogP contribution >= 0.6 is 0 Å². The summed E-state index contributed by atoms with van der Waals surface area (Å²) >= 11 is 0. The smallest absolute Gasteiger partial charge is 0.263 e. The fourth-order valence-corrected chi connectivity index (χ4v) is 1.22. The number of dihydropyridines is 1. The van der Waals surface area contributed by atoms with Crippen LogP contribution in [0.4, 0.5) is 0 Å². The van der Waals surface area contributed by atoms with Gasteiger partial charge in [0.2, 0.25) is 5.78 Å². The highest BCUT2D eigenvalue weighted by molar-refractivity contribution is 6.02. The van der Waals surface area contributed by atoms with Crippen LogP contribution in [0.15, 0.2) is 41.5 Å². The fraction of sp³-hybridized carbons (Fsp3) is 0.100. The van der Waals surface area contributed by atoms with E-state index >= 15 is 0 Å². The van der Waals surface area contributed by atoms with E-state index in [-0.39, 0.29) is 5.69 Å². The topological polar surface area (TPSA) is 62.5 Å². The summed E-state index contributed by atoms with van der Waals surface area (Å²) in [6.07, 6.45) is 5.66. The van der Waals surface area contributed by atoms with Gasteiger partial charge < -0.3 is 5.11 Å². The monoisotopic (exact) mass is 188 g/mol. The Morgan fingerprint density at radius 3 is 2.86 bits per heavy atom. The first kappa shape index (κ1) is 8.77. The number of carbonyl (C=O) groups is 1. The van der Waals surface area contributed by atoms with Gasteiger partial charge in [-0.3, -0.25) is 9.78 Å². The maximum atomic E-state index is 11.4. The number of carbonyl (C=O) groups excluding carboxylic acids is 1. The molecule has 70 valence electrons. The summed E-state index contributed by atoms with van der Waals surface area (Å²) in [5.41, 5.74) is -1.60. The van der Waals surface area contributed by atoms with E-state index in [1.54, 1.807) is 18.2 Å². The van der Waals surface area contributed by atoms with Gasteiger partial charge >= 0.3 is 0 Å². The molecule has 14 heavy (non-hydrogen) atoms. The summed E-state index contributed by atoms with van der Waals surface area (Å²) in [6, 6.07) is 4.97. The van der Waals surface area contributed by atoms with Crippen molar-refractivity contribution in [2.75, 3.05) is 0 Å². The van der Waals surface area contributed by atoms with Gasteiger partial charge in [0, 0.05) is 12.4 Å². The zero-order valence-corrected chi connectivity index (χ0v) is 7.29. The number of pyridine rings is 1. The number of aromatic nitrogens is 1. The van der Waals surface area contributed by atoms with Crippen LogP contribution in [-0.2, 0) is 10.5 Å². The van der Waals surface area contributed by atoms with Gasteiger partial charge in [-0.25, -0.2) is 4.99 Å². The molecule has 1 aromatic heterocycles. The van der Waals surface area contributed by atoms with Crippen molar-refractivity contribution in [3.05, 3.63) is 42.2 Å². The van der Waals surface area contributed by atoms with Crippen molar-refractivity contribution >= 4 is 12.0 Å². The third kappa shape index (κ3) is 1.25. The maximum Gasteiger partial charge on any atom is 0.263 e. The van der Waals surface area contributed by atoms with Crippen LogP contribution in [0.25, 0.3) is 0 Å². The zero-order chi connectivity index (χ0) is 10.0. The van der Waals surface area contributed by atoms with E-state index in [0.29, 0.717) is 0 Å². The molecule has 4 heteroatoms. The highest BCUT2D eigenvalue weighted by Gasteiger charge is 2.37. The highest BCUT2D eigenvalue weighted by Crippen LogP contribution is 2.23. The molecule has 0 spiro atoms. The van der Waals surface area contributed by atoms with E-state index < -0.39 is 11.5 Å². The molecule has 1 aliphatic heterocycles. The van der Waals surface area contributed by atoms with Gasteiger partial charge in [0.25, 0.3) is 5.72 Å². The molecule has 0 amide bonds. The minimum Gasteiger partial charge on any atom is -0.358 e. The molecule has 0 saturated carbocycles. The van der Waals surface area contributed by atoms with Crippen molar-refractivity contribution in [1.82, 2.24) is 4.98 Å². The van der Waals surface area contributed by atoms with Crippen LogP contribution in [0.3, 0.4) is 0 Å². The van der Waals surface area contributed by atoms with Crippen LogP contribution in [0.5, 0.6) is 0 Å². The van der Waals surface area contributed by atoms with Crippen molar-refractivity contribution < 1.29 is 9.90 Å². The number of aliphatic imine (C=N–C) groups is 1. The number of aliphatic hydroxyl groups is 1. The Hall–Kier alpha value is -1.81. The first-order valence-corrected chi connectivity index (χ1v) is 4.14. The summed E-state index contributed by atoms with van der Waals surface area (Å²) < 4.78 is 0. The van der Waals surface area contributed by atoms with E-state index in [1.165, 1.54) is 24.6 Å². The lowest BCUT2D eigenvalue weighted by molar-refractivity contribution is -0.132. The molecule has 1 N–H and O–H groups in total. The Bertz CT molecular complexity index is 411. The average molecular weight is 188 g/mol. The van der Waals surface area contributed by atoms with Gasteiger partial charge in [-0.05, 0) is 24.3 Å². The normalized spacial score (nSPS) is 25.4. The van der Waals surface area contributed by atoms with Crippen molar-refractivity contribution in [2.45, 2.75) is 5.72 Å². The number of hydrogen-bond donors (Lipinski definition) is 1. The molecule has 2 rings (SSSR count). The average Bonchev–Trinajstić information content (AvgIpc) is 2.24. The van der Waals surface area contributed by atoms with Crippen LogP contribution in [0.2, 0.25) is 0 Å². The SMILES string of the molecule is O=C1C=CC=NC1(O)c1ccccn1. The molecule has 0 aromatic carbocycles. The Kier molecular flexibility index (Phi) is 1.98. The molecule has 1 unspecified atom stereocenters. The van der Waals surface area contributed by atoms with Crippen LogP contribution < -0.4 is 0 Å². The van der Waals surface area contributed by atoms with E-state index in [9.17, 15) is 9.90 Å². The number of allylic oxidation sites excluding steroid dienone is 1. The second-order valence-electron chi connectivity index (χ2n) is 2.89. The molecule has 0 fully saturated rings. The van der Waals surface area contributed by atoms with Gasteiger partial charge in [-0.1, -0.05) is 6.07 Å². The van der Waals surface area contributed by atoms with Crippen molar-refractivity contribution in [3.63, 3.8) is 0 Å². The van der Waals surface area contributed by atoms with E-state index in [0.717, 1.165) is 0 Å². The third-order valence-corrected chi connectivity index (χ3v) is 1.96. The van der Waals surface area contributed by atoms with E-state index in [2.05, 4.69) is 9.98 Å². The van der Waals surface area contributed by atoms with Gasteiger partial charge in [0.15, 0.2) is 0 Å². The number of hydrogen-bond acceptors (Lipinski definition) is 4. The molecular formula is C10H8N2O2. The highest BCUT2D eigenvalue weighted by atomic mass is 16.3. The molecule has 0 aliphatic carbocycles. The lowest BCUT2D eigenvalue weighted by Crippen LogP contribution is -2.34. The Morgan fingerprint density at radius 1 is 1.36 bits per heavy atom. The predicted octanol–water partition coefficient (Wildman–Crippen LogP) is 0.436. The molecule has 1 aliphatic rings. The van der Waals surface area contributed by atoms with Crippen LogP contribution in [0.1, 0.15) is 5.69 Å². The number of ketones is 1. The molecule has 1 atom stereocenters. The first-order valence-electron chi connectivity index (χ1n) is 4.14. The largest absolute Gasteiger partial charge is 0.358 e. The van der Waals surface area contributed by atoms with E-state index in [1.807, 2.05) is 0 Å². The van der Waals surface area contributed by atoms with Crippen LogP contribution in [-0.4, -0.2) is 22.1 Å². The van der Waals surface area contributed by atoms with E-state index in [4.69, 9.17) is 0 Å². The fourth-order valence-electron chi connectivity index (χ4n) is 1.22. The zero-order valence-electron chi connectivity index (χ0n) is 7.29. The quantitative estimate of drug-likeness (QED) is 0.695. The minimum atomic E-state index is -1.84. The first-order chi connectivity index (χ1) is 6.73. The molecule has 0 saturated heterocycles. The summed E-state index contributed by atoms with van der Waals surface area (Å²) in [5, 5.41) is 9.95. The second-order valence-corrected chi connectivity index (χ2v) is 2.89. The summed E-state index contributed by atoms with van der Waals surface area (Å²) in [7, 11) is 0. The van der Waals surface area contributed by atoms with Gasteiger partial charge in [-0.15, -0.1) is 0 Å². The predicted molar refractivity (Wildman–Crippen MR) is 50.8 cm³/mol. The third-order valence-electron chi connectivity index (χ3n) is 1.96. The number of nitrogens with zero attached hydrogens (tertiary/aromatic N) is 2. The minimum absolute atomic E-state index is 0.241. The van der Waals surface area contributed by atoms with Gasteiger partial charge in [-0.2, -0.15) is 0 Å². The van der Waals surface area contributed by atoms with Gasteiger partial charge in [0.05, 0.1) is 0 Å². The summed E-state index contributed by atoms with van der Waals surface area (Å²) in [6.45, 7) is 0. The lowest BCUT2D eigenvalue weighted by Gasteiger charge is -2.21. The summed E-state index contributed by atoms with van der Waals surface area (Å²) in [5.74, 6) is -0.473. The Balaban J connectivity index is 2.47. The maximum absolute atomic E-state index is 11.4. The Morgan fingerprint density at radius 2 is 2.21 bits per heavy atom. The van der Waals surface area contributed by atoms with Crippen LogP contribution in [0, 0.1) is 0 Å². The lowest BCUT2D eigenvalue weighted by atomic mass is 10.0. The molecule has 0 radical (unpaired) electrons. The molecule has 2 heterocycles. The van der Waals surface area contributed by atoms with Gasteiger partial charge in [0.1, 0.15) is 5.69 Å².